The molecule has 10 heteroatoms. The van der Waals surface area contributed by atoms with Crippen LogP contribution in [0.1, 0.15) is 51.0 Å². The minimum atomic E-state index is -0.520. The average molecular weight is 615 g/mol. The number of benzene rings is 3. The Morgan fingerprint density at radius 3 is 1.91 bits per heavy atom. The van der Waals surface area contributed by atoms with Gasteiger partial charge in [-0.25, -0.2) is 0 Å². The molecule has 0 spiro atoms. The molecule has 1 fully saturated rings. The Bertz CT molecular complexity index is 1650. The summed E-state index contributed by atoms with van der Waals surface area (Å²) in [6, 6.07) is 11.1. The van der Waals surface area contributed by atoms with Crippen molar-refractivity contribution in [2.75, 3.05) is 42.0 Å². The number of phenolic OH excluding ortho intramolecular Hbond substituents is 2. The van der Waals surface area contributed by atoms with Gasteiger partial charge in [0.1, 0.15) is 17.5 Å². The SMILES string of the molecule is COc1c(C)c(OC)c2c(c1O)[C@H]1[C@@H]3Cc4c(OC)c(C)c(OC)c(O)c4[C@H](CNCc4ccccc4)N3[C@@H](C#N)[C@@H](C2)N1C. The van der Waals surface area contributed by atoms with Crippen molar-refractivity contribution in [1.82, 2.24) is 15.1 Å². The number of hydrogen-bond acceptors (Lipinski definition) is 10. The van der Waals surface area contributed by atoms with E-state index in [0.29, 0.717) is 60.1 Å². The van der Waals surface area contributed by atoms with Gasteiger partial charge in [-0.05, 0) is 39.3 Å². The highest BCUT2D eigenvalue weighted by molar-refractivity contribution is 5.67. The first-order valence-electron chi connectivity index (χ1n) is 15.3. The molecule has 0 radical (unpaired) electrons. The summed E-state index contributed by atoms with van der Waals surface area (Å²) in [6.07, 6.45) is 0.984. The van der Waals surface area contributed by atoms with Crippen molar-refractivity contribution in [3.05, 3.63) is 69.3 Å². The predicted molar refractivity (Wildman–Crippen MR) is 170 cm³/mol. The number of likely N-dealkylation sites (N-methyl/N-ethyl adjacent to an activating group) is 1. The van der Waals surface area contributed by atoms with E-state index in [1.54, 1.807) is 28.4 Å². The largest absolute Gasteiger partial charge is 0.504 e. The van der Waals surface area contributed by atoms with Crippen LogP contribution in [0.2, 0.25) is 0 Å². The molecule has 3 aliphatic rings. The summed E-state index contributed by atoms with van der Waals surface area (Å²) in [5.41, 5.74) is 5.83. The van der Waals surface area contributed by atoms with E-state index < -0.39 is 12.1 Å². The molecule has 0 unspecified atom stereocenters. The van der Waals surface area contributed by atoms with E-state index >= 15 is 0 Å². The predicted octanol–water partition coefficient (Wildman–Crippen LogP) is 4.31. The molecule has 45 heavy (non-hydrogen) atoms. The summed E-state index contributed by atoms with van der Waals surface area (Å²) in [6.45, 7) is 4.85. The Labute approximate surface area is 264 Å². The van der Waals surface area contributed by atoms with Crippen molar-refractivity contribution in [1.29, 1.82) is 5.26 Å². The van der Waals surface area contributed by atoms with Gasteiger partial charge in [0.25, 0.3) is 0 Å². The summed E-state index contributed by atoms with van der Waals surface area (Å²) in [5, 5.41) is 38.0. The Kier molecular flexibility index (Phi) is 8.20. The molecule has 0 amide bonds. The normalized spacial score (nSPS) is 23.7. The number of fused-ring (bicyclic) bond motifs is 7. The maximum atomic E-state index is 11.8. The molecule has 238 valence electrons. The Hall–Kier alpha value is -4.17. The van der Waals surface area contributed by atoms with Gasteiger partial charge >= 0.3 is 0 Å². The molecule has 1 saturated heterocycles. The summed E-state index contributed by atoms with van der Waals surface area (Å²) in [7, 11) is 8.40. The van der Waals surface area contributed by atoms with Crippen molar-refractivity contribution in [3.8, 4) is 40.6 Å². The molecular weight excluding hydrogens is 572 g/mol. The lowest BCUT2D eigenvalue weighted by Crippen LogP contribution is -2.68. The average Bonchev–Trinajstić information content (AvgIpc) is 3.03. The van der Waals surface area contributed by atoms with Crippen LogP contribution in [0.25, 0.3) is 0 Å². The third-order valence-corrected chi connectivity index (χ3v) is 10.2. The first-order valence-corrected chi connectivity index (χ1v) is 15.3. The fourth-order valence-electron chi connectivity index (χ4n) is 8.36. The van der Waals surface area contributed by atoms with Gasteiger partial charge in [-0.2, -0.15) is 5.26 Å². The second kappa shape index (κ2) is 12.0. The second-order valence-corrected chi connectivity index (χ2v) is 12.2. The highest BCUT2D eigenvalue weighted by Crippen LogP contribution is 2.58. The molecule has 5 atom stereocenters. The number of ether oxygens (including phenoxy) is 4. The van der Waals surface area contributed by atoms with Crippen LogP contribution in [-0.2, 0) is 19.4 Å². The topological polar surface area (TPSA) is 120 Å². The zero-order chi connectivity index (χ0) is 32.2. The van der Waals surface area contributed by atoms with Gasteiger partial charge < -0.3 is 34.5 Å². The fourth-order valence-corrected chi connectivity index (χ4v) is 8.36. The highest BCUT2D eigenvalue weighted by atomic mass is 16.5. The number of nitrogens with zero attached hydrogens (tertiary/aromatic N) is 3. The summed E-state index contributed by atoms with van der Waals surface area (Å²) in [5.74, 6) is 2.26. The zero-order valence-corrected chi connectivity index (χ0v) is 27.0. The number of phenols is 2. The molecule has 3 aromatic rings. The number of piperazine rings is 1. The molecule has 10 nitrogen and oxygen atoms in total. The Morgan fingerprint density at radius 2 is 1.36 bits per heavy atom. The standard InChI is InChI=1S/C35H42N4O6/c1-18-32(42-4)21-14-24-29-28-22(33(43-5)19(2)35(45-7)31(28)41)13-23(38(29)3)25(15-36)39(24)26(27(21)30(40)34(18)44-6)17-37-16-20-11-9-8-10-12-20/h8-12,23-26,29,37,40-41H,13-14,16-17H2,1-7H3/t23-,24+,25+,26+,29-/m1/s1. The van der Waals surface area contributed by atoms with Crippen LogP contribution < -0.4 is 24.3 Å². The third-order valence-electron chi connectivity index (χ3n) is 10.2. The molecule has 3 aromatic carbocycles. The van der Waals surface area contributed by atoms with Crippen molar-refractivity contribution in [2.24, 2.45) is 0 Å². The first kappa shape index (κ1) is 30.8. The fraction of sp³-hybridized carbons (Fsp3) is 0.457. The number of nitrogens with one attached hydrogen (secondary N) is 1. The quantitative estimate of drug-likeness (QED) is 0.339. The van der Waals surface area contributed by atoms with Crippen LogP contribution in [0.5, 0.6) is 34.5 Å². The van der Waals surface area contributed by atoms with E-state index in [9.17, 15) is 15.5 Å². The van der Waals surface area contributed by atoms with Gasteiger partial charge in [0.05, 0.1) is 46.6 Å². The van der Waals surface area contributed by atoms with Crippen LogP contribution in [-0.4, -0.2) is 80.2 Å². The molecule has 3 N–H and O–H groups in total. The Morgan fingerprint density at radius 1 is 0.822 bits per heavy atom. The first-order chi connectivity index (χ1) is 21.7. The summed E-state index contributed by atoms with van der Waals surface area (Å²) < 4.78 is 23.4. The van der Waals surface area contributed by atoms with Gasteiger partial charge in [-0.3, -0.25) is 9.80 Å². The second-order valence-electron chi connectivity index (χ2n) is 12.2. The number of hydrogen-bond donors (Lipinski definition) is 3. The molecule has 6 rings (SSSR count). The lowest BCUT2D eigenvalue weighted by atomic mass is 9.71. The van der Waals surface area contributed by atoms with E-state index in [4.69, 9.17) is 18.9 Å². The number of nitriles is 1. The smallest absolute Gasteiger partial charge is 0.167 e. The van der Waals surface area contributed by atoms with Crippen LogP contribution in [0.15, 0.2) is 30.3 Å². The van der Waals surface area contributed by atoms with Gasteiger partial charge in [0.2, 0.25) is 0 Å². The Balaban J connectivity index is 1.57. The van der Waals surface area contributed by atoms with Gasteiger partial charge in [-0.15, -0.1) is 0 Å². The lowest BCUT2D eigenvalue weighted by Gasteiger charge is -2.60. The lowest BCUT2D eigenvalue weighted by molar-refractivity contribution is -0.0729. The molecular formula is C35H42N4O6. The van der Waals surface area contributed by atoms with E-state index in [0.717, 1.165) is 27.8 Å². The zero-order valence-electron chi connectivity index (χ0n) is 27.0. The number of methoxy groups -OCH3 is 4. The molecule has 0 aromatic heterocycles. The van der Waals surface area contributed by atoms with Gasteiger partial charge in [-0.1, -0.05) is 30.3 Å². The summed E-state index contributed by atoms with van der Waals surface area (Å²) >= 11 is 0. The van der Waals surface area contributed by atoms with Gasteiger partial charge in [0.15, 0.2) is 23.0 Å². The van der Waals surface area contributed by atoms with Crippen LogP contribution in [0.3, 0.4) is 0 Å². The van der Waals surface area contributed by atoms with E-state index in [-0.39, 0.29) is 29.6 Å². The van der Waals surface area contributed by atoms with Gasteiger partial charge in [0, 0.05) is 58.6 Å². The maximum absolute atomic E-state index is 11.8. The van der Waals surface area contributed by atoms with Crippen molar-refractivity contribution in [2.45, 2.75) is 63.4 Å². The third kappa shape index (κ3) is 4.56. The maximum Gasteiger partial charge on any atom is 0.167 e. The van der Waals surface area contributed by atoms with E-state index in [1.807, 2.05) is 39.1 Å². The molecule has 0 saturated carbocycles. The monoisotopic (exact) mass is 614 g/mol. The molecule has 3 heterocycles. The number of aromatic hydroxyl groups is 2. The molecule has 0 aliphatic carbocycles. The van der Waals surface area contributed by atoms with E-state index in [2.05, 4.69) is 33.3 Å². The van der Waals surface area contributed by atoms with E-state index in [1.165, 1.54) is 0 Å². The number of rotatable bonds is 8. The highest BCUT2D eigenvalue weighted by Gasteiger charge is 2.57. The van der Waals surface area contributed by atoms with Crippen molar-refractivity contribution >= 4 is 0 Å². The molecule has 2 bridgehead atoms. The molecule has 3 aliphatic heterocycles. The summed E-state index contributed by atoms with van der Waals surface area (Å²) in [4.78, 5) is 4.48. The minimum absolute atomic E-state index is 0.0683. The minimum Gasteiger partial charge on any atom is -0.504 e. The van der Waals surface area contributed by atoms with Crippen molar-refractivity contribution in [3.63, 3.8) is 0 Å². The van der Waals surface area contributed by atoms with Crippen LogP contribution >= 0.6 is 0 Å². The van der Waals surface area contributed by atoms with Crippen LogP contribution in [0, 0.1) is 25.2 Å². The van der Waals surface area contributed by atoms with Crippen molar-refractivity contribution < 1.29 is 29.2 Å². The van der Waals surface area contributed by atoms with Crippen LogP contribution in [0.4, 0.5) is 0 Å².